The van der Waals surface area contributed by atoms with E-state index in [9.17, 15) is 18.0 Å². The Kier molecular flexibility index (Phi) is 4.78. The van der Waals surface area contributed by atoms with Crippen LogP contribution in [-0.2, 0) is 6.18 Å². The van der Waals surface area contributed by atoms with Crippen LogP contribution in [0.25, 0.3) is 22.5 Å². The van der Waals surface area contributed by atoms with Crippen LogP contribution in [-0.4, -0.2) is 16.2 Å². The highest BCUT2D eigenvalue weighted by Crippen LogP contribution is 2.36. The van der Waals surface area contributed by atoms with Crippen LogP contribution in [0.2, 0.25) is 0 Å². The number of hydrogen-bond donors (Lipinski definition) is 1. The molecular weight excluding hydrogens is 359 g/mol. The second-order valence-corrected chi connectivity index (χ2v) is 6.42. The monoisotopic (exact) mass is 375 g/mol. The lowest BCUT2D eigenvalue weighted by atomic mass is 9.91. The molecule has 1 heterocycles. The van der Waals surface area contributed by atoms with E-state index in [-0.39, 0.29) is 11.6 Å². The summed E-state index contributed by atoms with van der Waals surface area (Å²) >= 11 is 0. The van der Waals surface area contributed by atoms with Crippen molar-refractivity contribution in [3.63, 3.8) is 0 Å². The molecule has 0 spiro atoms. The van der Waals surface area contributed by atoms with Gasteiger partial charge in [-0.3, -0.25) is 0 Å². The lowest BCUT2D eigenvalue weighted by Crippen LogP contribution is -2.04. The van der Waals surface area contributed by atoms with Crippen molar-refractivity contribution < 1.29 is 27.6 Å². The quantitative estimate of drug-likeness (QED) is 0.621. The van der Waals surface area contributed by atoms with Crippen molar-refractivity contribution in [1.29, 1.82) is 0 Å². The first kappa shape index (κ1) is 18.7. The van der Waals surface area contributed by atoms with Crippen molar-refractivity contribution in [1.82, 2.24) is 5.16 Å². The Morgan fingerprint density at radius 2 is 1.78 bits per heavy atom. The van der Waals surface area contributed by atoms with Gasteiger partial charge in [-0.15, -0.1) is 0 Å². The molecule has 27 heavy (non-hydrogen) atoms. The van der Waals surface area contributed by atoms with E-state index in [1.165, 1.54) is 12.1 Å². The predicted octanol–water partition coefficient (Wildman–Crippen LogP) is 5.85. The number of alkyl halides is 3. The van der Waals surface area contributed by atoms with Crippen LogP contribution >= 0.6 is 0 Å². The lowest BCUT2D eigenvalue weighted by Gasteiger charge is -2.14. The van der Waals surface area contributed by atoms with Gasteiger partial charge in [0.1, 0.15) is 0 Å². The molecule has 0 saturated heterocycles. The molecule has 0 aliphatic carbocycles. The average molecular weight is 375 g/mol. The van der Waals surface area contributed by atoms with Crippen molar-refractivity contribution in [2.24, 2.45) is 0 Å². The minimum atomic E-state index is -4.41. The lowest BCUT2D eigenvalue weighted by molar-refractivity contribution is -0.137. The van der Waals surface area contributed by atoms with Gasteiger partial charge in [-0.25, -0.2) is 4.79 Å². The molecule has 1 aromatic heterocycles. The Morgan fingerprint density at radius 3 is 2.37 bits per heavy atom. The van der Waals surface area contributed by atoms with Crippen LogP contribution in [0.4, 0.5) is 13.2 Å². The summed E-state index contributed by atoms with van der Waals surface area (Å²) in [7, 11) is 0. The zero-order valence-corrected chi connectivity index (χ0v) is 14.5. The molecular formula is C20H16F3NO3. The molecule has 140 valence electrons. The molecule has 0 amide bonds. The summed E-state index contributed by atoms with van der Waals surface area (Å²) in [6.07, 6.45) is -4.41. The van der Waals surface area contributed by atoms with Gasteiger partial charge in [-0.1, -0.05) is 49.3 Å². The van der Waals surface area contributed by atoms with Crippen LogP contribution < -0.4 is 0 Å². The smallest absolute Gasteiger partial charge is 0.416 e. The van der Waals surface area contributed by atoms with Gasteiger partial charge < -0.3 is 9.63 Å². The van der Waals surface area contributed by atoms with Gasteiger partial charge in [-0.05, 0) is 34.7 Å². The number of carboxylic acid groups (broad SMARTS) is 1. The molecule has 0 fully saturated rings. The van der Waals surface area contributed by atoms with E-state index in [1.807, 2.05) is 13.8 Å². The van der Waals surface area contributed by atoms with Gasteiger partial charge in [0, 0.05) is 11.6 Å². The molecule has 2 aromatic carbocycles. The van der Waals surface area contributed by atoms with E-state index in [1.54, 1.807) is 24.3 Å². The zero-order chi connectivity index (χ0) is 19.8. The summed E-state index contributed by atoms with van der Waals surface area (Å²) in [6, 6.07) is 11.6. The number of aromatic nitrogens is 1. The van der Waals surface area contributed by atoms with Crippen molar-refractivity contribution in [2.45, 2.75) is 25.9 Å². The Balaban J connectivity index is 2.08. The van der Waals surface area contributed by atoms with E-state index >= 15 is 0 Å². The van der Waals surface area contributed by atoms with Crippen molar-refractivity contribution in [3.05, 3.63) is 65.4 Å². The number of aromatic carboxylic acids is 1. The number of nitrogens with zero attached hydrogens (tertiary/aromatic N) is 1. The summed E-state index contributed by atoms with van der Waals surface area (Å²) in [4.78, 5) is 11.0. The van der Waals surface area contributed by atoms with Crippen molar-refractivity contribution >= 4 is 5.97 Å². The van der Waals surface area contributed by atoms with Gasteiger partial charge in [0.15, 0.2) is 11.5 Å². The predicted molar refractivity (Wildman–Crippen MR) is 93.4 cm³/mol. The van der Waals surface area contributed by atoms with E-state index in [0.29, 0.717) is 22.5 Å². The maximum absolute atomic E-state index is 13.0. The maximum atomic E-state index is 13.0. The molecule has 3 rings (SSSR count). The molecule has 1 N–H and O–H groups in total. The Bertz CT molecular complexity index is 990. The molecule has 0 bridgehead atoms. The summed E-state index contributed by atoms with van der Waals surface area (Å²) < 4.78 is 44.1. The van der Waals surface area contributed by atoms with Crippen LogP contribution in [0.3, 0.4) is 0 Å². The second-order valence-electron chi connectivity index (χ2n) is 6.42. The molecule has 0 radical (unpaired) electrons. The number of hydrogen-bond acceptors (Lipinski definition) is 3. The minimum absolute atomic E-state index is 0.0316. The van der Waals surface area contributed by atoms with Gasteiger partial charge in [0.25, 0.3) is 0 Å². The van der Waals surface area contributed by atoms with Crippen LogP contribution in [0.15, 0.2) is 53.1 Å². The first-order chi connectivity index (χ1) is 12.7. The van der Waals surface area contributed by atoms with Crippen LogP contribution in [0.1, 0.15) is 41.4 Å². The Hall–Kier alpha value is -3.09. The number of halogens is 3. The highest BCUT2D eigenvalue weighted by molar-refractivity contribution is 5.86. The van der Waals surface area contributed by atoms with E-state index in [0.717, 1.165) is 17.7 Å². The van der Waals surface area contributed by atoms with Gasteiger partial charge in [-0.2, -0.15) is 13.2 Å². The third kappa shape index (κ3) is 3.86. The van der Waals surface area contributed by atoms with Crippen LogP contribution in [0.5, 0.6) is 0 Å². The van der Waals surface area contributed by atoms with Crippen LogP contribution in [0, 0.1) is 0 Å². The molecule has 7 heteroatoms. The molecule has 3 aromatic rings. The van der Waals surface area contributed by atoms with E-state index in [4.69, 9.17) is 9.63 Å². The molecule has 0 atom stereocenters. The summed E-state index contributed by atoms with van der Waals surface area (Å²) in [5.74, 6) is -0.868. The van der Waals surface area contributed by atoms with Gasteiger partial charge in [0.05, 0.1) is 5.56 Å². The fourth-order valence-corrected chi connectivity index (χ4v) is 2.82. The second kappa shape index (κ2) is 6.90. The number of benzene rings is 2. The SMILES string of the molecule is CC(C)c1cc(-c2cccc(C(F)(F)F)c2)ccc1-c1cc(C(=O)O)no1. The third-order valence-electron chi connectivity index (χ3n) is 4.19. The Morgan fingerprint density at radius 1 is 1.07 bits per heavy atom. The highest BCUT2D eigenvalue weighted by Gasteiger charge is 2.30. The third-order valence-corrected chi connectivity index (χ3v) is 4.19. The fraction of sp³-hybridized carbons (Fsp3) is 0.200. The standard InChI is InChI=1S/C20H16F3NO3/c1-11(2)16-9-13(12-4-3-5-14(8-12)20(21,22)23)6-7-15(16)18-10-17(19(25)26)24-27-18/h3-11H,1-2H3,(H,25,26). The summed E-state index contributed by atoms with van der Waals surface area (Å²) in [5.41, 5.74) is 1.63. The molecule has 4 nitrogen and oxygen atoms in total. The molecule has 0 unspecified atom stereocenters. The Labute approximate surface area is 153 Å². The van der Waals surface area contributed by atoms with Crippen molar-refractivity contribution in [2.75, 3.05) is 0 Å². The first-order valence-electron chi connectivity index (χ1n) is 8.19. The number of rotatable bonds is 4. The van der Waals surface area contributed by atoms with Gasteiger partial charge >= 0.3 is 12.1 Å². The summed E-state index contributed by atoms with van der Waals surface area (Å²) in [5, 5.41) is 12.5. The minimum Gasteiger partial charge on any atom is -0.476 e. The maximum Gasteiger partial charge on any atom is 0.416 e. The van der Waals surface area contributed by atoms with E-state index in [2.05, 4.69) is 5.16 Å². The van der Waals surface area contributed by atoms with Gasteiger partial charge in [0.2, 0.25) is 0 Å². The summed E-state index contributed by atoms with van der Waals surface area (Å²) in [6.45, 7) is 3.87. The molecule has 0 aliphatic rings. The average Bonchev–Trinajstić information content (AvgIpc) is 3.11. The van der Waals surface area contributed by atoms with E-state index < -0.39 is 17.7 Å². The molecule has 0 aliphatic heterocycles. The normalized spacial score (nSPS) is 11.8. The highest BCUT2D eigenvalue weighted by atomic mass is 19.4. The number of carbonyl (C=O) groups is 1. The first-order valence-corrected chi connectivity index (χ1v) is 8.19. The van der Waals surface area contributed by atoms with Crippen molar-refractivity contribution in [3.8, 4) is 22.5 Å². The molecule has 0 saturated carbocycles. The largest absolute Gasteiger partial charge is 0.476 e. The number of carboxylic acids is 1. The topological polar surface area (TPSA) is 63.3 Å². The zero-order valence-electron chi connectivity index (χ0n) is 14.5. The fourth-order valence-electron chi connectivity index (χ4n) is 2.82.